The number of rotatable bonds is 2. The quantitative estimate of drug-likeness (QED) is 0.872. The van der Waals surface area contributed by atoms with E-state index in [1.54, 1.807) is 6.20 Å². The molecular weight excluding hydrogens is 242 g/mol. The average molecular weight is 257 g/mol. The highest BCUT2D eigenvalue weighted by atomic mass is 16.4. The Balaban J connectivity index is 2.03. The van der Waals surface area contributed by atoms with E-state index in [0.29, 0.717) is 17.8 Å². The van der Waals surface area contributed by atoms with Gasteiger partial charge in [0.2, 0.25) is 0 Å². The molecule has 2 bridgehead atoms. The molecule has 0 saturated carbocycles. The van der Waals surface area contributed by atoms with E-state index in [1.807, 2.05) is 13.0 Å². The Morgan fingerprint density at radius 3 is 3.00 bits per heavy atom. The van der Waals surface area contributed by atoms with Crippen LogP contribution in [0.4, 0.5) is 5.82 Å². The van der Waals surface area contributed by atoms with Gasteiger partial charge in [0.05, 0.1) is 11.5 Å². The summed E-state index contributed by atoms with van der Waals surface area (Å²) in [6.07, 6.45) is 4.23. The first-order chi connectivity index (χ1) is 9.13. The molecule has 2 aliphatic rings. The summed E-state index contributed by atoms with van der Waals surface area (Å²) >= 11 is 0. The number of carboxylic acid groups (broad SMARTS) is 1. The molecule has 1 aromatic rings. The van der Waals surface area contributed by atoms with Crippen LogP contribution in [0.3, 0.4) is 0 Å². The maximum absolute atomic E-state index is 11.3. The number of anilines is 1. The van der Waals surface area contributed by atoms with Gasteiger partial charge in [-0.3, -0.25) is 4.79 Å². The van der Waals surface area contributed by atoms with E-state index in [9.17, 15) is 15.2 Å². The number of hydrogen-bond donors (Lipinski definition) is 1. The van der Waals surface area contributed by atoms with E-state index in [4.69, 9.17) is 0 Å². The lowest BCUT2D eigenvalue weighted by molar-refractivity contribution is -0.142. The van der Waals surface area contributed by atoms with E-state index in [1.165, 1.54) is 0 Å². The zero-order chi connectivity index (χ0) is 13.6. The van der Waals surface area contributed by atoms with Crippen molar-refractivity contribution >= 4 is 11.8 Å². The van der Waals surface area contributed by atoms with Crippen molar-refractivity contribution in [1.82, 2.24) is 4.98 Å². The molecule has 1 aromatic heterocycles. The predicted molar refractivity (Wildman–Crippen MR) is 68.7 cm³/mol. The predicted octanol–water partition coefficient (Wildman–Crippen LogP) is 1.70. The van der Waals surface area contributed by atoms with Gasteiger partial charge in [-0.05, 0) is 37.8 Å². The molecule has 5 nitrogen and oxygen atoms in total. The van der Waals surface area contributed by atoms with Crippen LogP contribution in [0.15, 0.2) is 12.3 Å². The van der Waals surface area contributed by atoms with Gasteiger partial charge < -0.3 is 10.0 Å². The molecule has 19 heavy (non-hydrogen) atoms. The first-order valence-electron chi connectivity index (χ1n) is 6.50. The van der Waals surface area contributed by atoms with Gasteiger partial charge in [0.1, 0.15) is 11.9 Å². The van der Waals surface area contributed by atoms with Gasteiger partial charge in [0, 0.05) is 18.3 Å². The van der Waals surface area contributed by atoms with Crippen molar-refractivity contribution in [1.29, 1.82) is 5.26 Å². The van der Waals surface area contributed by atoms with Gasteiger partial charge >= 0.3 is 5.97 Å². The van der Waals surface area contributed by atoms with Crippen LogP contribution in [0.5, 0.6) is 0 Å². The van der Waals surface area contributed by atoms with Gasteiger partial charge in [-0.1, -0.05) is 0 Å². The van der Waals surface area contributed by atoms with Crippen LogP contribution in [0.25, 0.3) is 0 Å². The fourth-order valence-corrected chi connectivity index (χ4v) is 3.46. The number of carbonyl (C=O) groups is 1. The zero-order valence-electron chi connectivity index (χ0n) is 10.7. The van der Waals surface area contributed by atoms with Crippen molar-refractivity contribution in [2.24, 2.45) is 5.92 Å². The summed E-state index contributed by atoms with van der Waals surface area (Å²) in [6, 6.07) is 4.22. The third kappa shape index (κ3) is 1.67. The summed E-state index contributed by atoms with van der Waals surface area (Å²) in [5.41, 5.74) is 1.47. The summed E-state index contributed by atoms with van der Waals surface area (Å²) in [7, 11) is 0. The van der Waals surface area contributed by atoms with Crippen molar-refractivity contribution in [3.05, 3.63) is 23.4 Å². The standard InChI is InChI=1S/C14H15N3O2/c1-8-4-5-16-13(11(8)7-15)17-9-2-3-12(17)10(6-9)14(18)19/h4-5,9-10,12H,2-3,6H2,1H3,(H,18,19). The van der Waals surface area contributed by atoms with Crippen molar-refractivity contribution in [2.45, 2.75) is 38.3 Å². The second-order valence-electron chi connectivity index (χ2n) is 5.32. The number of pyridine rings is 1. The number of aryl methyl sites for hydroxylation is 1. The highest BCUT2D eigenvalue weighted by molar-refractivity contribution is 5.74. The lowest BCUT2D eigenvalue weighted by Gasteiger charge is -2.25. The van der Waals surface area contributed by atoms with E-state index >= 15 is 0 Å². The average Bonchev–Trinajstić information content (AvgIpc) is 2.95. The van der Waals surface area contributed by atoms with Crippen LogP contribution >= 0.6 is 0 Å². The van der Waals surface area contributed by atoms with Crippen LogP contribution in [0.1, 0.15) is 30.4 Å². The zero-order valence-corrected chi connectivity index (χ0v) is 10.7. The highest BCUT2D eigenvalue weighted by Crippen LogP contribution is 2.44. The minimum Gasteiger partial charge on any atom is -0.481 e. The lowest BCUT2D eigenvalue weighted by atomic mass is 9.89. The maximum atomic E-state index is 11.3. The Morgan fingerprint density at radius 1 is 1.58 bits per heavy atom. The summed E-state index contributed by atoms with van der Waals surface area (Å²) < 4.78 is 0. The number of carboxylic acids is 1. The van der Waals surface area contributed by atoms with Crippen LogP contribution in [-0.4, -0.2) is 28.1 Å². The molecule has 3 unspecified atom stereocenters. The second-order valence-corrected chi connectivity index (χ2v) is 5.32. The summed E-state index contributed by atoms with van der Waals surface area (Å²) in [6.45, 7) is 1.89. The normalized spacial score (nSPS) is 28.4. The van der Waals surface area contributed by atoms with Crippen LogP contribution in [0.2, 0.25) is 0 Å². The number of aliphatic carboxylic acids is 1. The van der Waals surface area contributed by atoms with E-state index in [-0.39, 0.29) is 18.0 Å². The molecule has 1 N–H and O–H groups in total. The summed E-state index contributed by atoms with van der Waals surface area (Å²) in [5, 5.41) is 18.6. The molecule has 0 aromatic carbocycles. The number of aromatic nitrogens is 1. The fraction of sp³-hybridized carbons (Fsp3) is 0.500. The number of hydrogen-bond acceptors (Lipinski definition) is 4. The summed E-state index contributed by atoms with van der Waals surface area (Å²) in [5.74, 6) is -0.394. The Bertz CT molecular complexity index is 579. The monoisotopic (exact) mass is 257 g/mol. The molecule has 3 rings (SSSR count). The van der Waals surface area contributed by atoms with E-state index in [2.05, 4.69) is 16.0 Å². The number of fused-ring (bicyclic) bond motifs is 2. The molecule has 3 heterocycles. The highest BCUT2D eigenvalue weighted by Gasteiger charge is 2.50. The van der Waals surface area contributed by atoms with Crippen LogP contribution < -0.4 is 4.90 Å². The lowest BCUT2D eigenvalue weighted by Crippen LogP contribution is -2.34. The smallest absolute Gasteiger partial charge is 0.308 e. The van der Waals surface area contributed by atoms with Gasteiger partial charge in [-0.25, -0.2) is 4.98 Å². The minimum absolute atomic E-state index is 0.0103. The molecule has 0 aliphatic carbocycles. The molecule has 0 spiro atoms. The second kappa shape index (κ2) is 4.23. The minimum atomic E-state index is -0.733. The fourth-order valence-electron chi connectivity index (χ4n) is 3.46. The first-order valence-corrected chi connectivity index (χ1v) is 6.50. The Hall–Kier alpha value is -2.09. The molecule has 2 fully saturated rings. The van der Waals surface area contributed by atoms with Crippen molar-refractivity contribution in [3.63, 3.8) is 0 Å². The Kier molecular flexibility index (Phi) is 2.67. The van der Waals surface area contributed by atoms with Crippen LogP contribution in [0, 0.1) is 24.2 Å². The molecule has 0 amide bonds. The molecule has 0 radical (unpaired) electrons. The SMILES string of the molecule is Cc1ccnc(N2C3CCC2C(C(=O)O)C3)c1C#N. The maximum Gasteiger partial charge on any atom is 0.308 e. The molecule has 2 saturated heterocycles. The number of nitriles is 1. The Labute approximate surface area is 111 Å². The third-order valence-corrected chi connectivity index (χ3v) is 4.35. The third-order valence-electron chi connectivity index (χ3n) is 4.35. The van der Waals surface area contributed by atoms with E-state index in [0.717, 1.165) is 18.4 Å². The molecule has 2 aliphatic heterocycles. The van der Waals surface area contributed by atoms with Gasteiger partial charge in [0.25, 0.3) is 0 Å². The van der Waals surface area contributed by atoms with Gasteiger partial charge in [0.15, 0.2) is 0 Å². The van der Waals surface area contributed by atoms with Crippen molar-refractivity contribution in [3.8, 4) is 6.07 Å². The largest absolute Gasteiger partial charge is 0.481 e. The molecule has 98 valence electrons. The van der Waals surface area contributed by atoms with Crippen molar-refractivity contribution < 1.29 is 9.90 Å². The van der Waals surface area contributed by atoms with Crippen molar-refractivity contribution in [2.75, 3.05) is 4.90 Å². The Morgan fingerprint density at radius 2 is 2.37 bits per heavy atom. The molecular formula is C14H15N3O2. The summed E-state index contributed by atoms with van der Waals surface area (Å²) in [4.78, 5) is 17.7. The van der Waals surface area contributed by atoms with Crippen LogP contribution in [-0.2, 0) is 4.79 Å². The number of nitrogens with zero attached hydrogens (tertiary/aromatic N) is 3. The molecule has 5 heteroatoms. The topological polar surface area (TPSA) is 77.2 Å². The van der Waals surface area contributed by atoms with Gasteiger partial charge in [-0.15, -0.1) is 0 Å². The van der Waals surface area contributed by atoms with Gasteiger partial charge in [-0.2, -0.15) is 5.26 Å². The first kappa shape index (κ1) is 12.0. The molecule has 3 atom stereocenters. The van der Waals surface area contributed by atoms with E-state index < -0.39 is 5.97 Å².